The van der Waals surface area contributed by atoms with Crippen molar-refractivity contribution < 1.29 is 4.79 Å². The highest BCUT2D eigenvalue weighted by Crippen LogP contribution is 2.09. The van der Waals surface area contributed by atoms with Gasteiger partial charge in [0.25, 0.3) is 0 Å². The third-order valence-electron chi connectivity index (χ3n) is 2.14. The zero-order valence-electron chi connectivity index (χ0n) is 8.42. The summed E-state index contributed by atoms with van der Waals surface area (Å²) in [5.74, 6) is 0.854. The summed E-state index contributed by atoms with van der Waals surface area (Å²) in [6, 6.07) is 7.73. The van der Waals surface area contributed by atoms with E-state index in [-0.39, 0.29) is 5.78 Å². The highest BCUT2D eigenvalue weighted by Gasteiger charge is 2.03. The Hall–Kier alpha value is -0.820. The minimum atomic E-state index is 0.227. The quantitative estimate of drug-likeness (QED) is 0.538. The van der Waals surface area contributed by atoms with Crippen LogP contribution in [0.2, 0.25) is 0 Å². The van der Waals surface area contributed by atoms with Gasteiger partial charge in [-0.3, -0.25) is 4.79 Å². The maximum atomic E-state index is 11.5. The van der Waals surface area contributed by atoms with Gasteiger partial charge in [-0.2, -0.15) is 0 Å². The zero-order valence-corrected chi connectivity index (χ0v) is 9.18. The fourth-order valence-electron chi connectivity index (χ4n) is 1.34. The summed E-state index contributed by atoms with van der Waals surface area (Å²) in [6.45, 7) is 2.01. The molecule has 1 rings (SSSR count). The van der Waals surface area contributed by atoms with Crippen LogP contribution in [0.5, 0.6) is 0 Å². The number of ketones is 1. The lowest BCUT2D eigenvalue weighted by atomic mass is 10.0. The number of hydrogen-bond donors (Lipinski definition) is 0. The van der Waals surface area contributed by atoms with Crippen LogP contribution in [0.3, 0.4) is 0 Å². The van der Waals surface area contributed by atoms with E-state index in [1.54, 1.807) is 0 Å². The van der Waals surface area contributed by atoms with Crippen LogP contribution >= 0.6 is 11.6 Å². The van der Waals surface area contributed by atoms with Crippen LogP contribution in [0.25, 0.3) is 0 Å². The first-order valence-corrected chi connectivity index (χ1v) is 5.49. The lowest BCUT2D eigenvalue weighted by molar-refractivity contribution is 0.0982. The van der Waals surface area contributed by atoms with Crippen molar-refractivity contribution in [1.29, 1.82) is 0 Å². The van der Waals surface area contributed by atoms with Gasteiger partial charge in [-0.1, -0.05) is 31.2 Å². The van der Waals surface area contributed by atoms with E-state index in [1.165, 1.54) is 5.56 Å². The smallest absolute Gasteiger partial charge is 0.162 e. The number of benzene rings is 1. The molecule has 2 heteroatoms. The molecule has 0 unspecified atom stereocenters. The molecule has 76 valence electrons. The number of alkyl halides is 1. The second kappa shape index (κ2) is 5.82. The van der Waals surface area contributed by atoms with Crippen molar-refractivity contribution in [3.8, 4) is 0 Å². The van der Waals surface area contributed by atoms with Gasteiger partial charge in [0.15, 0.2) is 5.78 Å². The molecule has 0 aliphatic rings. The fraction of sp³-hybridized carbons (Fsp3) is 0.417. The van der Waals surface area contributed by atoms with Gasteiger partial charge in [0.05, 0.1) is 0 Å². The largest absolute Gasteiger partial charge is 0.294 e. The van der Waals surface area contributed by atoms with E-state index in [0.717, 1.165) is 18.4 Å². The minimum absolute atomic E-state index is 0.227. The number of Topliss-reactive ketones (excluding diaryl/α,β-unsaturated/α-hetero) is 1. The summed E-state index contributed by atoms with van der Waals surface area (Å²) in [4.78, 5) is 11.5. The summed E-state index contributed by atoms with van der Waals surface area (Å²) >= 11 is 5.62. The fourth-order valence-corrected chi connectivity index (χ4v) is 1.56. The number of hydrogen-bond acceptors (Lipinski definition) is 1. The van der Waals surface area contributed by atoms with Crippen LogP contribution in [0, 0.1) is 0 Å². The van der Waals surface area contributed by atoms with Gasteiger partial charge >= 0.3 is 0 Å². The molecule has 0 amide bonds. The monoisotopic (exact) mass is 210 g/mol. The second-order valence-corrected chi connectivity index (χ2v) is 3.69. The molecule has 0 aliphatic heterocycles. The molecule has 0 saturated carbocycles. The van der Waals surface area contributed by atoms with Crippen LogP contribution in [0.15, 0.2) is 24.3 Å². The van der Waals surface area contributed by atoms with E-state index in [0.29, 0.717) is 12.3 Å². The highest BCUT2D eigenvalue weighted by atomic mass is 35.5. The van der Waals surface area contributed by atoms with Gasteiger partial charge < -0.3 is 0 Å². The molecule has 0 aromatic heterocycles. The van der Waals surface area contributed by atoms with Crippen molar-refractivity contribution in [2.24, 2.45) is 0 Å². The van der Waals surface area contributed by atoms with Gasteiger partial charge in [-0.25, -0.2) is 0 Å². The first-order valence-electron chi connectivity index (χ1n) is 4.96. The van der Waals surface area contributed by atoms with Crippen LogP contribution < -0.4 is 0 Å². The lowest BCUT2D eigenvalue weighted by Gasteiger charge is -2.01. The Labute approximate surface area is 90.1 Å². The van der Waals surface area contributed by atoms with Crippen LogP contribution in [-0.2, 0) is 6.42 Å². The maximum Gasteiger partial charge on any atom is 0.162 e. The number of carbonyl (C=O) groups is 1. The number of rotatable bonds is 5. The van der Waals surface area contributed by atoms with Gasteiger partial charge in [0.2, 0.25) is 0 Å². The molecule has 1 aromatic carbocycles. The molecule has 1 aromatic rings. The topological polar surface area (TPSA) is 17.1 Å². The molecule has 0 spiro atoms. The highest BCUT2D eigenvalue weighted by molar-refractivity contribution is 6.18. The van der Waals surface area contributed by atoms with Gasteiger partial charge in [-0.05, 0) is 18.4 Å². The summed E-state index contributed by atoms with van der Waals surface area (Å²) < 4.78 is 0. The van der Waals surface area contributed by atoms with E-state index in [9.17, 15) is 4.79 Å². The average Bonchev–Trinajstić information content (AvgIpc) is 2.20. The number of carbonyl (C=O) groups excluding carboxylic acids is 1. The Morgan fingerprint density at radius 2 is 1.93 bits per heavy atom. The van der Waals surface area contributed by atoms with Crippen LogP contribution in [-0.4, -0.2) is 11.7 Å². The molecule has 1 nitrogen and oxygen atoms in total. The normalized spacial score (nSPS) is 10.1. The Kier molecular flexibility index (Phi) is 4.68. The lowest BCUT2D eigenvalue weighted by Crippen LogP contribution is -1.98. The van der Waals surface area contributed by atoms with E-state index < -0.39 is 0 Å². The molecule has 14 heavy (non-hydrogen) atoms. The van der Waals surface area contributed by atoms with E-state index in [2.05, 4.69) is 0 Å². The first kappa shape index (κ1) is 11.3. The molecule has 0 fully saturated rings. The van der Waals surface area contributed by atoms with Crippen molar-refractivity contribution in [3.05, 3.63) is 35.4 Å². The van der Waals surface area contributed by atoms with Gasteiger partial charge in [0.1, 0.15) is 0 Å². The van der Waals surface area contributed by atoms with E-state index >= 15 is 0 Å². The number of aryl methyl sites for hydroxylation is 1. The van der Waals surface area contributed by atoms with E-state index in [1.807, 2.05) is 31.2 Å². The van der Waals surface area contributed by atoms with Crippen molar-refractivity contribution in [2.45, 2.75) is 26.2 Å². The van der Waals surface area contributed by atoms with Crippen LogP contribution in [0.4, 0.5) is 0 Å². The SMILES string of the molecule is CCCC(=O)c1ccc(CCCl)cc1. The maximum absolute atomic E-state index is 11.5. The Balaban J connectivity index is 2.67. The second-order valence-electron chi connectivity index (χ2n) is 3.31. The molecule has 0 atom stereocenters. The zero-order chi connectivity index (χ0) is 10.4. The molecular weight excluding hydrogens is 196 g/mol. The molecule has 0 aliphatic carbocycles. The third kappa shape index (κ3) is 3.15. The summed E-state index contributed by atoms with van der Waals surface area (Å²) in [5.41, 5.74) is 2.00. The standard InChI is InChI=1S/C12H15ClO/c1-2-3-12(14)11-6-4-10(5-7-11)8-9-13/h4-7H,2-3,8-9H2,1H3. The molecule has 0 heterocycles. The van der Waals surface area contributed by atoms with Crippen molar-refractivity contribution >= 4 is 17.4 Å². The first-order chi connectivity index (χ1) is 6.77. The summed E-state index contributed by atoms with van der Waals surface area (Å²) in [5, 5.41) is 0. The molecular formula is C12H15ClO. The van der Waals surface area contributed by atoms with Crippen LogP contribution in [0.1, 0.15) is 35.7 Å². The average molecular weight is 211 g/mol. The third-order valence-corrected chi connectivity index (χ3v) is 2.33. The van der Waals surface area contributed by atoms with E-state index in [4.69, 9.17) is 11.6 Å². The Morgan fingerprint density at radius 3 is 2.43 bits per heavy atom. The number of halogens is 1. The van der Waals surface area contributed by atoms with Crippen molar-refractivity contribution in [1.82, 2.24) is 0 Å². The predicted octanol–water partition coefficient (Wildman–Crippen LogP) is 3.45. The molecule has 0 radical (unpaired) electrons. The van der Waals surface area contributed by atoms with Crippen molar-refractivity contribution in [3.63, 3.8) is 0 Å². The van der Waals surface area contributed by atoms with Gasteiger partial charge in [-0.15, -0.1) is 11.6 Å². The molecule has 0 saturated heterocycles. The Morgan fingerprint density at radius 1 is 1.29 bits per heavy atom. The summed E-state index contributed by atoms with van der Waals surface area (Å²) in [6.07, 6.45) is 2.40. The predicted molar refractivity (Wildman–Crippen MR) is 60.1 cm³/mol. The molecule has 0 N–H and O–H groups in total. The minimum Gasteiger partial charge on any atom is -0.294 e. The molecule has 0 bridgehead atoms. The van der Waals surface area contributed by atoms with Gasteiger partial charge in [0, 0.05) is 17.9 Å². The summed E-state index contributed by atoms with van der Waals surface area (Å²) in [7, 11) is 0. The van der Waals surface area contributed by atoms with Crippen molar-refractivity contribution in [2.75, 3.05) is 5.88 Å². The Bertz CT molecular complexity index is 290.